The third kappa shape index (κ3) is 4.34. The van der Waals surface area contributed by atoms with Crippen LogP contribution in [0, 0.1) is 5.41 Å². The van der Waals surface area contributed by atoms with Crippen molar-refractivity contribution in [1.29, 1.82) is 0 Å². The minimum Gasteiger partial charge on any atom is -0.396 e. The molecule has 1 aromatic rings. The summed E-state index contributed by atoms with van der Waals surface area (Å²) in [4.78, 5) is 5.12. The molecule has 0 radical (unpaired) electrons. The second-order valence-corrected chi connectivity index (χ2v) is 7.59. The van der Waals surface area contributed by atoms with Crippen molar-refractivity contribution in [3.63, 3.8) is 0 Å². The maximum absolute atomic E-state index is 9.99. The van der Waals surface area contributed by atoms with Crippen LogP contribution in [-0.4, -0.2) is 54.2 Å². The molecule has 23 heavy (non-hydrogen) atoms. The minimum atomic E-state index is 0.146. The van der Waals surface area contributed by atoms with Crippen molar-refractivity contribution in [3.8, 4) is 0 Å². The lowest BCUT2D eigenvalue weighted by Crippen LogP contribution is -2.47. The van der Waals surface area contributed by atoms with Gasteiger partial charge < -0.3 is 10.0 Å². The summed E-state index contributed by atoms with van der Waals surface area (Å²) in [5, 5.41) is 9.99. The van der Waals surface area contributed by atoms with Crippen LogP contribution in [0.3, 0.4) is 0 Å². The Morgan fingerprint density at radius 2 is 1.52 bits per heavy atom. The van der Waals surface area contributed by atoms with Gasteiger partial charge in [0.25, 0.3) is 0 Å². The van der Waals surface area contributed by atoms with Crippen molar-refractivity contribution < 1.29 is 5.11 Å². The lowest BCUT2D eigenvalue weighted by Gasteiger charge is -2.42. The molecule has 2 heterocycles. The molecular weight excluding hydrogens is 284 g/mol. The largest absolute Gasteiger partial charge is 0.396 e. The third-order valence-corrected chi connectivity index (χ3v) is 5.85. The second kappa shape index (κ2) is 7.78. The van der Waals surface area contributed by atoms with Gasteiger partial charge in [-0.3, -0.25) is 4.90 Å². The van der Waals surface area contributed by atoms with Crippen molar-refractivity contribution in [2.45, 2.75) is 45.6 Å². The van der Waals surface area contributed by atoms with Crippen molar-refractivity contribution in [2.24, 2.45) is 5.41 Å². The molecule has 3 heteroatoms. The SMILES string of the molecule is CCc1ccc(CN2CCC(CO)(CN3CCCC3)CC2)cc1. The summed E-state index contributed by atoms with van der Waals surface area (Å²) >= 11 is 0. The monoisotopic (exact) mass is 316 g/mol. The number of aryl methyl sites for hydroxylation is 1. The lowest BCUT2D eigenvalue weighted by atomic mass is 9.78. The van der Waals surface area contributed by atoms with Crippen LogP contribution in [0.25, 0.3) is 0 Å². The third-order valence-electron chi connectivity index (χ3n) is 5.85. The maximum atomic E-state index is 9.99. The molecule has 0 atom stereocenters. The van der Waals surface area contributed by atoms with Gasteiger partial charge in [-0.25, -0.2) is 0 Å². The Balaban J connectivity index is 1.51. The van der Waals surface area contributed by atoms with E-state index < -0.39 is 0 Å². The molecule has 0 saturated carbocycles. The number of hydrogen-bond donors (Lipinski definition) is 1. The molecule has 3 rings (SSSR count). The van der Waals surface area contributed by atoms with E-state index >= 15 is 0 Å². The average Bonchev–Trinajstić information content (AvgIpc) is 3.10. The molecule has 2 fully saturated rings. The normalized spacial score (nSPS) is 22.5. The molecule has 0 aliphatic carbocycles. The van der Waals surface area contributed by atoms with Crippen molar-refractivity contribution in [3.05, 3.63) is 35.4 Å². The zero-order valence-electron chi connectivity index (χ0n) is 14.6. The Morgan fingerprint density at radius 1 is 0.913 bits per heavy atom. The fourth-order valence-electron chi connectivity index (χ4n) is 4.11. The van der Waals surface area contributed by atoms with E-state index in [-0.39, 0.29) is 5.41 Å². The van der Waals surface area contributed by atoms with Gasteiger partial charge in [-0.05, 0) is 69.4 Å². The van der Waals surface area contributed by atoms with E-state index in [1.54, 1.807) is 0 Å². The summed E-state index contributed by atoms with van der Waals surface area (Å²) < 4.78 is 0. The van der Waals surface area contributed by atoms with Gasteiger partial charge >= 0.3 is 0 Å². The lowest BCUT2D eigenvalue weighted by molar-refractivity contribution is 0.0165. The van der Waals surface area contributed by atoms with E-state index in [4.69, 9.17) is 0 Å². The highest BCUT2D eigenvalue weighted by Crippen LogP contribution is 2.33. The van der Waals surface area contributed by atoms with Crippen LogP contribution in [-0.2, 0) is 13.0 Å². The Labute approximate surface area is 141 Å². The van der Waals surface area contributed by atoms with E-state index in [0.717, 1.165) is 45.4 Å². The highest BCUT2D eigenvalue weighted by atomic mass is 16.3. The first-order valence-electron chi connectivity index (χ1n) is 9.36. The maximum Gasteiger partial charge on any atom is 0.0500 e. The topological polar surface area (TPSA) is 26.7 Å². The van der Waals surface area contributed by atoms with Crippen LogP contribution in [0.5, 0.6) is 0 Å². The van der Waals surface area contributed by atoms with Crippen LogP contribution in [0.15, 0.2) is 24.3 Å². The Hall–Kier alpha value is -0.900. The number of piperidine rings is 1. The summed E-state index contributed by atoms with van der Waals surface area (Å²) in [5.74, 6) is 0. The van der Waals surface area contributed by atoms with E-state index in [0.29, 0.717) is 6.61 Å². The first-order chi connectivity index (χ1) is 11.2. The number of aliphatic hydroxyl groups is 1. The van der Waals surface area contributed by atoms with Gasteiger partial charge in [0.2, 0.25) is 0 Å². The fourth-order valence-corrected chi connectivity index (χ4v) is 4.11. The highest BCUT2D eigenvalue weighted by molar-refractivity contribution is 5.22. The summed E-state index contributed by atoms with van der Waals surface area (Å²) in [7, 11) is 0. The predicted octanol–water partition coefficient (Wildman–Crippen LogP) is 2.92. The molecular formula is C20H32N2O. The van der Waals surface area contributed by atoms with Crippen molar-refractivity contribution >= 4 is 0 Å². The van der Waals surface area contributed by atoms with Crippen LogP contribution < -0.4 is 0 Å². The molecule has 0 aromatic heterocycles. The highest BCUT2D eigenvalue weighted by Gasteiger charge is 2.36. The summed E-state index contributed by atoms with van der Waals surface area (Å²) in [6.07, 6.45) is 6.04. The minimum absolute atomic E-state index is 0.146. The molecule has 1 aromatic carbocycles. The predicted molar refractivity (Wildman–Crippen MR) is 95.5 cm³/mol. The number of aliphatic hydroxyl groups excluding tert-OH is 1. The molecule has 2 aliphatic heterocycles. The van der Waals surface area contributed by atoms with Crippen LogP contribution in [0.1, 0.15) is 43.7 Å². The Bertz CT molecular complexity index is 471. The Morgan fingerprint density at radius 3 is 2.09 bits per heavy atom. The van der Waals surface area contributed by atoms with Crippen LogP contribution in [0.2, 0.25) is 0 Å². The smallest absolute Gasteiger partial charge is 0.0500 e. The molecule has 128 valence electrons. The van der Waals surface area contributed by atoms with Gasteiger partial charge in [0.05, 0.1) is 6.61 Å². The molecule has 0 unspecified atom stereocenters. The first kappa shape index (κ1) is 16.9. The molecule has 1 N–H and O–H groups in total. The van der Waals surface area contributed by atoms with Gasteiger partial charge in [0, 0.05) is 18.5 Å². The molecule has 0 amide bonds. The number of likely N-dealkylation sites (tertiary alicyclic amines) is 2. The molecule has 0 spiro atoms. The first-order valence-corrected chi connectivity index (χ1v) is 9.36. The van der Waals surface area contributed by atoms with Crippen LogP contribution in [0.4, 0.5) is 0 Å². The number of nitrogens with zero attached hydrogens (tertiary/aromatic N) is 2. The van der Waals surface area contributed by atoms with Gasteiger partial charge in [-0.1, -0.05) is 31.2 Å². The second-order valence-electron chi connectivity index (χ2n) is 7.59. The number of rotatable bonds is 6. The van der Waals surface area contributed by atoms with Crippen molar-refractivity contribution in [2.75, 3.05) is 39.3 Å². The standard InChI is InChI=1S/C20H32N2O/c1-2-18-5-7-19(8-6-18)15-21-13-9-20(17-23,10-14-21)16-22-11-3-4-12-22/h5-8,23H,2-4,9-17H2,1H3. The van der Waals surface area contributed by atoms with E-state index in [9.17, 15) is 5.11 Å². The Kier molecular flexibility index (Phi) is 5.73. The molecule has 2 saturated heterocycles. The zero-order valence-corrected chi connectivity index (χ0v) is 14.6. The quantitative estimate of drug-likeness (QED) is 0.874. The van der Waals surface area contributed by atoms with Gasteiger partial charge in [-0.2, -0.15) is 0 Å². The van der Waals surface area contributed by atoms with Gasteiger partial charge in [0.15, 0.2) is 0 Å². The fraction of sp³-hybridized carbons (Fsp3) is 0.700. The zero-order chi connectivity index (χ0) is 16.1. The van der Waals surface area contributed by atoms with Gasteiger partial charge in [-0.15, -0.1) is 0 Å². The van der Waals surface area contributed by atoms with Crippen LogP contribution >= 0.6 is 0 Å². The molecule has 3 nitrogen and oxygen atoms in total. The number of hydrogen-bond acceptors (Lipinski definition) is 3. The number of benzene rings is 1. The van der Waals surface area contributed by atoms with Gasteiger partial charge in [0.1, 0.15) is 0 Å². The molecule has 2 aliphatic rings. The van der Waals surface area contributed by atoms with E-state index in [1.165, 1.54) is 37.1 Å². The summed E-state index contributed by atoms with van der Waals surface area (Å²) in [6.45, 7) is 9.40. The van der Waals surface area contributed by atoms with E-state index in [2.05, 4.69) is 41.0 Å². The average molecular weight is 316 g/mol. The summed E-state index contributed by atoms with van der Waals surface area (Å²) in [6, 6.07) is 9.06. The van der Waals surface area contributed by atoms with Crippen molar-refractivity contribution in [1.82, 2.24) is 9.80 Å². The van der Waals surface area contributed by atoms with E-state index in [1.807, 2.05) is 0 Å². The molecule has 0 bridgehead atoms. The summed E-state index contributed by atoms with van der Waals surface area (Å²) in [5.41, 5.74) is 2.97.